The van der Waals surface area contributed by atoms with Gasteiger partial charge in [-0.05, 0) is 57.5 Å². The molecule has 1 rings (SSSR count). The van der Waals surface area contributed by atoms with E-state index in [0.717, 1.165) is 18.7 Å². The molecule has 0 aliphatic heterocycles. The highest BCUT2D eigenvalue weighted by Crippen LogP contribution is 2.23. The van der Waals surface area contributed by atoms with Crippen LogP contribution in [0.4, 0.5) is 0 Å². The fraction of sp³-hybridized carbons (Fsp3) is 0.600. The Labute approximate surface area is 111 Å². The number of rotatable bonds is 7. The van der Waals surface area contributed by atoms with Crippen molar-refractivity contribution in [3.05, 3.63) is 29.8 Å². The Hall–Kier alpha value is -1.06. The summed E-state index contributed by atoms with van der Waals surface area (Å²) in [6, 6.07) is 8.68. The summed E-state index contributed by atoms with van der Waals surface area (Å²) in [5, 5.41) is 3.35. The van der Waals surface area contributed by atoms with E-state index in [1.165, 1.54) is 5.56 Å². The zero-order valence-electron chi connectivity index (χ0n) is 11.9. The molecule has 3 nitrogen and oxygen atoms in total. The van der Waals surface area contributed by atoms with E-state index < -0.39 is 0 Å². The molecule has 2 unspecified atom stereocenters. The minimum absolute atomic E-state index is 0.216. The van der Waals surface area contributed by atoms with E-state index in [1.807, 2.05) is 33.0 Å². The smallest absolute Gasteiger partial charge is 0.119 e. The van der Waals surface area contributed by atoms with Crippen molar-refractivity contribution in [2.45, 2.75) is 39.3 Å². The Bertz CT molecular complexity index is 335. The molecule has 18 heavy (non-hydrogen) atoms. The first kappa shape index (κ1) is 15.0. The Kier molecular flexibility index (Phi) is 6.16. The third-order valence-electron chi connectivity index (χ3n) is 3.04. The standard InChI is InChI=1S/C15H26N2O/c1-11(2)18-14-7-5-13(6-8-14)15(17-4)9-12(3)10-16/h5-8,11-12,15,17H,9-10,16H2,1-4H3. The van der Waals surface area contributed by atoms with Gasteiger partial charge in [-0.3, -0.25) is 0 Å². The summed E-state index contributed by atoms with van der Waals surface area (Å²) in [6.45, 7) is 6.98. The lowest BCUT2D eigenvalue weighted by molar-refractivity contribution is 0.242. The van der Waals surface area contributed by atoms with E-state index in [2.05, 4.69) is 24.4 Å². The van der Waals surface area contributed by atoms with Crippen LogP contribution in [-0.4, -0.2) is 19.7 Å². The summed E-state index contributed by atoms with van der Waals surface area (Å²) in [5.41, 5.74) is 6.97. The highest BCUT2D eigenvalue weighted by molar-refractivity contribution is 5.29. The SMILES string of the molecule is CNC(CC(C)CN)c1ccc(OC(C)C)cc1. The van der Waals surface area contributed by atoms with Crippen LogP contribution >= 0.6 is 0 Å². The first-order chi connectivity index (χ1) is 8.56. The van der Waals surface area contributed by atoms with Crippen molar-refractivity contribution in [3.63, 3.8) is 0 Å². The summed E-state index contributed by atoms with van der Waals surface area (Å²) >= 11 is 0. The van der Waals surface area contributed by atoms with Crippen LogP contribution in [0.15, 0.2) is 24.3 Å². The van der Waals surface area contributed by atoms with E-state index in [9.17, 15) is 0 Å². The maximum atomic E-state index is 5.68. The zero-order chi connectivity index (χ0) is 13.5. The van der Waals surface area contributed by atoms with Crippen molar-refractivity contribution in [2.75, 3.05) is 13.6 Å². The minimum Gasteiger partial charge on any atom is -0.491 e. The van der Waals surface area contributed by atoms with Crippen molar-refractivity contribution < 1.29 is 4.74 Å². The Morgan fingerprint density at radius 2 is 1.78 bits per heavy atom. The average Bonchev–Trinajstić information content (AvgIpc) is 2.36. The Morgan fingerprint density at radius 1 is 1.17 bits per heavy atom. The molecule has 0 aromatic heterocycles. The molecule has 0 saturated heterocycles. The second-order valence-corrected chi connectivity index (χ2v) is 5.15. The van der Waals surface area contributed by atoms with Gasteiger partial charge in [-0.25, -0.2) is 0 Å². The van der Waals surface area contributed by atoms with E-state index >= 15 is 0 Å². The van der Waals surface area contributed by atoms with Crippen molar-refractivity contribution in [1.82, 2.24) is 5.32 Å². The molecule has 1 aromatic carbocycles. The molecule has 1 aromatic rings. The van der Waals surface area contributed by atoms with Gasteiger partial charge in [0.1, 0.15) is 5.75 Å². The predicted molar refractivity (Wildman–Crippen MR) is 76.8 cm³/mol. The molecule has 0 aliphatic rings. The highest BCUT2D eigenvalue weighted by Gasteiger charge is 2.12. The molecule has 0 bridgehead atoms. The van der Waals surface area contributed by atoms with E-state index in [4.69, 9.17) is 10.5 Å². The van der Waals surface area contributed by atoms with E-state index in [1.54, 1.807) is 0 Å². The molecule has 0 spiro atoms. The van der Waals surface area contributed by atoms with Gasteiger partial charge in [0.2, 0.25) is 0 Å². The molecule has 3 heteroatoms. The third-order valence-corrected chi connectivity index (χ3v) is 3.04. The number of benzene rings is 1. The molecule has 0 aliphatic carbocycles. The van der Waals surface area contributed by atoms with Crippen LogP contribution in [0.3, 0.4) is 0 Å². The van der Waals surface area contributed by atoms with Crippen molar-refractivity contribution in [1.29, 1.82) is 0 Å². The second-order valence-electron chi connectivity index (χ2n) is 5.15. The maximum Gasteiger partial charge on any atom is 0.119 e. The largest absolute Gasteiger partial charge is 0.491 e. The lowest BCUT2D eigenvalue weighted by Gasteiger charge is -2.20. The van der Waals surface area contributed by atoms with Gasteiger partial charge in [-0.2, -0.15) is 0 Å². The Balaban J connectivity index is 2.69. The number of ether oxygens (including phenoxy) is 1. The van der Waals surface area contributed by atoms with Crippen LogP contribution in [0.2, 0.25) is 0 Å². The normalized spacial score (nSPS) is 14.6. The fourth-order valence-electron chi connectivity index (χ4n) is 1.97. The van der Waals surface area contributed by atoms with Gasteiger partial charge >= 0.3 is 0 Å². The van der Waals surface area contributed by atoms with Gasteiger partial charge in [0.15, 0.2) is 0 Å². The van der Waals surface area contributed by atoms with Crippen molar-refractivity contribution in [2.24, 2.45) is 11.7 Å². The molecule has 102 valence electrons. The van der Waals surface area contributed by atoms with E-state index in [-0.39, 0.29) is 6.10 Å². The lowest BCUT2D eigenvalue weighted by Crippen LogP contribution is -2.22. The summed E-state index contributed by atoms with van der Waals surface area (Å²) in [7, 11) is 1.99. The second kappa shape index (κ2) is 7.39. The molecule has 0 fully saturated rings. The highest BCUT2D eigenvalue weighted by atomic mass is 16.5. The monoisotopic (exact) mass is 250 g/mol. The molecule has 2 atom stereocenters. The number of nitrogens with two attached hydrogens (primary N) is 1. The number of nitrogens with one attached hydrogen (secondary N) is 1. The molecular formula is C15H26N2O. The van der Waals surface area contributed by atoms with Crippen LogP contribution in [0.25, 0.3) is 0 Å². The molecular weight excluding hydrogens is 224 g/mol. The van der Waals surface area contributed by atoms with Crippen LogP contribution in [-0.2, 0) is 0 Å². The number of hydrogen-bond acceptors (Lipinski definition) is 3. The summed E-state index contributed by atoms with van der Waals surface area (Å²) < 4.78 is 5.64. The molecule has 0 heterocycles. The first-order valence-corrected chi connectivity index (χ1v) is 6.70. The Morgan fingerprint density at radius 3 is 2.22 bits per heavy atom. The predicted octanol–water partition coefficient (Wildman–Crippen LogP) is 2.72. The van der Waals surface area contributed by atoms with Gasteiger partial charge < -0.3 is 15.8 Å². The van der Waals surface area contributed by atoms with E-state index in [0.29, 0.717) is 12.0 Å². The minimum atomic E-state index is 0.216. The first-order valence-electron chi connectivity index (χ1n) is 6.70. The van der Waals surface area contributed by atoms with Gasteiger partial charge in [-0.1, -0.05) is 19.1 Å². The third kappa shape index (κ3) is 4.67. The quantitative estimate of drug-likeness (QED) is 0.782. The van der Waals surface area contributed by atoms with Crippen molar-refractivity contribution >= 4 is 0 Å². The zero-order valence-corrected chi connectivity index (χ0v) is 11.9. The number of hydrogen-bond donors (Lipinski definition) is 2. The van der Waals surface area contributed by atoms with Gasteiger partial charge in [0.05, 0.1) is 6.10 Å². The molecule has 0 saturated carbocycles. The van der Waals surface area contributed by atoms with Gasteiger partial charge in [0, 0.05) is 6.04 Å². The van der Waals surface area contributed by atoms with Gasteiger partial charge in [-0.15, -0.1) is 0 Å². The molecule has 0 amide bonds. The summed E-state index contributed by atoms with van der Waals surface area (Å²) in [4.78, 5) is 0. The lowest BCUT2D eigenvalue weighted by atomic mass is 9.96. The topological polar surface area (TPSA) is 47.3 Å². The molecule has 3 N–H and O–H groups in total. The van der Waals surface area contributed by atoms with Crippen LogP contribution in [0, 0.1) is 5.92 Å². The van der Waals surface area contributed by atoms with Crippen LogP contribution < -0.4 is 15.8 Å². The summed E-state index contributed by atoms with van der Waals surface area (Å²) in [5.74, 6) is 1.45. The fourth-order valence-corrected chi connectivity index (χ4v) is 1.97. The van der Waals surface area contributed by atoms with Crippen molar-refractivity contribution in [3.8, 4) is 5.75 Å². The van der Waals surface area contributed by atoms with Gasteiger partial charge in [0.25, 0.3) is 0 Å². The molecule has 0 radical (unpaired) electrons. The van der Waals surface area contributed by atoms with Crippen LogP contribution in [0.5, 0.6) is 5.75 Å². The average molecular weight is 250 g/mol. The maximum absolute atomic E-state index is 5.68. The summed E-state index contributed by atoms with van der Waals surface area (Å²) in [6.07, 6.45) is 1.27. The van der Waals surface area contributed by atoms with Crippen LogP contribution in [0.1, 0.15) is 38.8 Å².